The highest BCUT2D eigenvalue weighted by Crippen LogP contribution is 2.31. The van der Waals surface area contributed by atoms with Crippen LogP contribution in [0.1, 0.15) is 40.4 Å². The lowest BCUT2D eigenvalue weighted by atomic mass is 9.87. The molecular weight excluding hydrogens is 378 g/mol. The Labute approximate surface area is 173 Å². The van der Waals surface area contributed by atoms with E-state index in [0.717, 1.165) is 35.5 Å². The van der Waals surface area contributed by atoms with Gasteiger partial charge in [0.1, 0.15) is 5.69 Å². The van der Waals surface area contributed by atoms with Crippen LogP contribution in [0.3, 0.4) is 0 Å². The van der Waals surface area contributed by atoms with Crippen molar-refractivity contribution in [1.29, 1.82) is 0 Å². The Morgan fingerprint density at radius 2 is 1.86 bits per heavy atom. The number of rotatable bonds is 4. The van der Waals surface area contributed by atoms with E-state index < -0.39 is 0 Å². The van der Waals surface area contributed by atoms with Gasteiger partial charge < -0.3 is 5.32 Å². The van der Waals surface area contributed by atoms with Crippen LogP contribution in [-0.4, -0.2) is 15.7 Å². The number of carbonyl (C=O) groups excluding carboxylic acids is 1. The average molecular weight is 400 g/mol. The van der Waals surface area contributed by atoms with Gasteiger partial charge in [0, 0.05) is 6.20 Å². The maximum absolute atomic E-state index is 13.3. The van der Waals surface area contributed by atoms with Crippen LogP contribution in [0.15, 0.2) is 78.3 Å². The summed E-state index contributed by atoms with van der Waals surface area (Å²) in [6.07, 6.45) is 4.97. The standard InChI is InChI=1S/C24H21N3OS/c28-24(25-21-13-6-9-17-8-4-5-12-19(17)21)20-16-27(18-10-2-1-3-11-18)26-23(20)22-14-7-15-29-22/h1-5,7-8,10-12,14-16,21H,6,9,13H2,(H,25,28)/t21-/m0/s1. The van der Waals surface area contributed by atoms with E-state index in [1.54, 1.807) is 16.0 Å². The summed E-state index contributed by atoms with van der Waals surface area (Å²) in [5.74, 6) is -0.0720. The molecule has 144 valence electrons. The molecule has 1 N–H and O–H groups in total. The van der Waals surface area contributed by atoms with Crippen molar-refractivity contribution < 1.29 is 4.79 Å². The topological polar surface area (TPSA) is 46.9 Å². The minimum absolute atomic E-state index is 0.0451. The van der Waals surface area contributed by atoms with E-state index in [1.807, 2.05) is 60.1 Å². The van der Waals surface area contributed by atoms with Gasteiger partial charge in [-0.1, -0.05) is 48.5 Å². The third-order valence-corrected chi connectivity index (χ3v) is 6.29. The van der Waals surface area contributed by atoms with E-state index in [9.17, 15) is 4.79 Å². The van der Waals surface area contributed by atoms with Crippen molar-refractivity contribution in [2.75, 3.05) is 0 Å². The number of para-hydroxylation sites is 1. The Balaban J connectivity index is 1.50. The highest BCUT2D eigenvalue weighted by atomic mass is 32.1. The lowest BCUT2D eigenvalue weighted by Crippen LogP contribution is -2.31. The molecule has 5 heteroatoms. The van der Waals surface area contributed by atoms with Gasteiger partial charge in [0.05, 0.1) is 22.2 Å². The number of hydrogen-bond acceptors (Lipinski definition) is 3. The molecule has 0 bridgehead atoms. The van der Waals surface area contributed by atoms with Crippen LogP contribution in [-0.2, 0) is 6.42 Å². The van der Waals surface area contributed by atoms with Gasteiger partial charge >= 0.3 is 0 Å². The summed E-state index contributed by atoms with van der Waals surface area (Å²) in [7, 11) is 0. The first-order valence-electron chi connectivity index (χ1n) is 9.87. The van der Waals surface area contributed by atoms with Gasteiger partial charge in [0.2, 0.25) is 0 Å². The Morgan fingerprint density at radius 3 is 2.69 bits per heavy atom. The molecule has 1 aliphatic carbocycles. The van der Waals surface area contributed by atoms with Gasteiger partial charge in [-0.05, 0) is 54.0 Å². The lowest BCUT2D eigenvalue weighted by molar-refractivity contribution is 0.0933. The normalized spacial score (nSPS) is 15.7. The summed E-state index contributed by atoms with van der Waals surface area (Å²) in [6, 6.07) is 22.4. The van der Waals surface area contributed by atoms with Crippen molar-refractivity contribution in [3.8, 4) is 16.3 Å². The lowest BCUT2D eigenvalue weighted by Gasteiger charge is -2.26. The van der Waals surface area contributed by atoms with E-state index in [1.165, 1.54) is 11.1 Å². The van der Waals surface area contributed by atoms with Crippen LogP contribution < -0.4 is 5.32 Å². The zero-order valence-electron chi connectivity index (χ0n) is 15.9. The molecular formula is C24H21N3OS. The van der Waals surface area contributed by atoms with Crippen molar-refractivity contribution in [3.63, 3.8) is 0 Å². The number of amides is 1. The molecule has 0 aliphatic heterocycles. The summed E-state index contributed by atoms with van der Waals surface area (Å²) in [5, 5.41) is 10.0. The van der Waals surface area contributed by atoms with Crippen LogP contribution in [0.4, 0.5) is 0 Å². The molecule has 1 atom stereocenters. The van der Waals surface area contributed by atoms with Gasteiger partial charge in [-0.2, -0.15) is 5.10 Å². The zero-order valence-corrected chi connectivity index (χ0v) is 16.7. The average Bonchev–Trinajstić information content (AvgIpc) is 3.45. The minimum Gasteiger partial charge on any atom is -0.345 e. The molecule has 1 aliphatic rings. The van der Waals surface area contributed by atoms with E-state index in [-0.39, 0.29) is 11.9 Å². The van der Waals surface area contributed by atoms with Crippen molar-refractivity contribution in [1.82, 2.24) is 15.1 Å². The second-order valence-electron chi connectivity index (χ2n) is 7.27. The van der Waals surface area contributed by atoms with Gasteiger partial charge in [0.25, 0.3) is 5.91 Å². The second kappa shape index (κ2) is 7.68. The fourth-order valence-electron chi connectivity index (χ4n) is 3.99. The molecule has 0 radical (unpaired) electrons. The molecule has 2 aromatic heterocycles. The molecule has 0 saturated heterocycles. The van der Waals surface area contributed by atoms with E-state index in [2.05, 4.69) is 23.5 Å². The predicted octanol–water partition coefficient (Wildman–Crippen LogP) is 5.41. The molecule has 0 saturated carbocycles. The van der Waals surface area contributed by atoms with Gasteiger partial charge in [0.15, 0.2) is 0 Å². The van der Waals surface area contributed by atoms with E-state index in [0.29, 0.717) is 5.56 Å². The number of hydrogen-bond donors (Lipinski definition) is 1. The number of carbonyl (C=O) groups is 1. The third kappa shape index (κ3) is 3.49. The summed E-state index contributed by atoms with van der Waals surface area (Å²) in [6.45, 7) is 0. The quantitative estimate of drug-likeness (QED) is 0.499. The first-order valence-corrected chi connectivity index (χ1v) is 10.8. The summed E-state index contributed by atoms with van der Waals surface area (Å²) < 4.78 is 1.79. The first kappa shape index (κ1) is 17.9. The van der Waals surface area contributed by atoms with Crippen LogP contribution in [0.2, 0.25) is 0 Å². The molecule has 2 heterocycles. The minimum atomic E-state index is -0.0720. The van der Waals surface area contributed by atoms with Crippen LogP contribution in [0, 0.1) is 0 Å². The van der Waals surface area contributed by atoms with Crippen molar-refractivity contribution >= 4 is 17.2 Å². The van der Waals surface area contributed by atoms with Gasteiger partial charge in [-0.25, -0.2) is 4.68 Å². The number of nitrogens with one attached hydrogen (secondary N) is 1. The molecule has 4 aromatic rings. The van der Waals surface area contributed by atoms with Gasteiger partial charge in [-0.3, -0.25) is 4.79 Å². The molecule has 2 aromatic carbocycles. The van der Waals surface area contributed by atoms with Crippen molar-refractivity contribution in [2.24, 2.45) is 0 Å². The monoisotopic (exact) mass is 399 g/mol. The van der Waals surface area contributed by atoms with Crippen LogP contribution >= 0.6 is 11.3 Å². The molecule has 0 unspecified atom stereocenters. The fourth-order valence-corrected chi connectivity index (χ4v) is 4.71. The van der Waals surface area contributed by atoms with Crippen molar-refractivity contribution in [2.45, 2.75) is 25.3 Å². The van der Waals surface area contributed by atoms with E-state index >= 15 is 0 Å². The maximum Gasteiger partial charge on any atom is 0.255 e. The van der Waals surface area contributed by atoms with Gasteiger partial charge in [-0.15, -0.1) is 11.3 Å². The number of benzene rings is 2. The van der Waals surface area contributed by atoms with Crippen LogP contribution in [0.25, 0.3) is 16.3 Å². The smallest absolute Gasteiger partial charge is 0.255 e. The predicted molar refractivity (Wildman–Crippen MR) is 116 cm³/mol. The highest BCUT2D eigenvalue weighted by molar-refractivity contribution is 7.13. The number of fused-ring (bicyclic) bond motifs is 1. The molecule has 0 fully saturated rings. The first-order chi connectivity index (χ1) is 14.3. The Morgan fingerprint density at radius 1 is 1.03 bits per heavy atom. The molecule has 29 heavy (non-hydrogen) atoms. The molecule has 5 rings (SSSR count). The van der Waals surface area contributed by atoms with Crippen LogP contribution in [0.5, 0.6) is 0 Å². The van der Waals surface area contributed by atoms with E-state index in [4.69, 9.17) is 5.10 Å². The summed E-state index contributed by atoms with van der Waals surface area (Å²) >= 11 is 1.59. The largest absolute Gasteiger partial charge is 0.345 e. The number of aromatic nitrogens is 2. The Bertz CT molecular complexity index is 1130. The fraction of sp³-hybridized carbons (Fsp3) is 0.167. The molecule has 1 amide bonds. The molecule has 4 nitrogen and oxygen atoms in total. The Hall–Kier alpha value is -3.18. The summed E-state index contributed by atoms with van der Waals surface area (Å²) in [5.41, 5.74) is 4.85. The zero-order chi connectivity index (χ0) is 19.6. The second-order valence-corrected chi connectivity index (χ2v) is 8.21. The Kier molecular flexibility index (Phi) is 4.74. The highest BCUT2D eigenvalue weighted by Gasteiger charge is 2.25. The molecule has 0 spiro atoms. The maximum atomic E-state index is 13.3. The SMILES string of the molecule is O=C(N[C@H]1CCCc2ccccc21)c1cn(-c2ccccc2)nc1-c1cccs1. The number of nitrogens with zero attached hydrogens (tertiary/aromatic N) is 2. The summed E-state index contributed by atoms with van der Waals surface area (Å²) in [4.78, 5) is 14.3. The number of thiophene rings is 1. The third-order valence-electron chi connectivity index (χ3n) is 5.41. The van der Waals surface area contributed by atoms with Crippen molar-refractivity contribution in [3.05, 3.63) is 95.0 Å². The number of aryl methyl sites for hydroxylation is 1.